The lowest BCUT2D eigenvalue weighted by atomic mass is 9.45. The average Bonchev–Trinajstić information content (AvgIpc) is 2.84. The van der Waals surface area contributed by atoms with Crippen molar-refractivity contribution in [3.05, 3.63) is 23.3 Å². The van der Waals surface area contributed by atoms with Crippen LogP contribution in [0.1, 0.15) is 66.2 Å². The number of fused-ring (bicyclic) bond motifs is 5. The predicted molar refractivity (Wildman–Crippen MR) is 91.4 cm³/mol. The van der Waals surface area contributed by atoms with E-state index in [1.165, 1.54) is 25.7 Å². The van der Waals surface area contributed by atoms with Crippen LogP contribution >= 0.6 is 0 Å². The summed E-state index contributed by atoms with van der Waals surface area (Å²) in [6.07, 6.45) is 12.2. The minimum Gasteiger partial charge on any atom is -0.393 e. The SMILES string of the molecule is CC1=C2C[C@@H](O)CC(C)[C@]2(C)[C@H]2CC[C@]3(C)C=CC[C@H]3[C@@H]2C1. The van der Waals surface area contributed by atoms with Gasteiger partial charge in [0.15, 0.2) is 0 Å². The molecule has 0 aromatic heterocycles. The molecule has 4 rings (SSSR count). The van der Waals surface area contributed by atoms with Crippen molar-refractivity contribution in [2.45, 2.75) is 72.3 Å². The summed E-state index contributed by atoms with van der Waals surface area (Å²) >= 11 is 0. The summed E-state index contributed by atoms with van der Waals surface area (Å²) in [6.45, 7) is 9.81. The third-order valence-corrected chi connectivity index (χ3v) is 8.33. The van der Waals surface area contributed by atoms with Crippen LogP contribution in [0, 0.1) is 34.5 Å². The van der Waals surface area contributed by atoms with E-state index in [0.29, 0.717) is 16.7 Å². The maximum absolute atomic E-state index is 10.3. The Morgan fingerprint density at radius 3 is 2.73 bits per heavy atom. The van der Waals surface area contributed by atoms with Gasteiger partial charge in [0, 0.05) is 0 Å². The molecule has 4 aliphatic rings. The highest BCUT2D eigenvalue weighted by Gasteiger charge is 2.57. The predicted octanol–water partition coefficient (Wildman–Crippen LogP) is 5.11. The van der Waals surface area contributed by atoms with E-state index in [-0.39, 0.29) is 6.10 Å². The highest BCUT2D eigenvalue weighted by molar-refractivity contribution is 5.32. The second-order valence-corrected chi connectivity index (χ2v) is 9.30. The van der Waals surface area contributed by atoms with Crippen LogP contribution in [0.3, 0.4) is 0 Å². The fraction of sp³-hybridized carbons (Fsp3) is 0.810. The first-order valence-corrected chi connectivity index (χ1v) is 9.41. The van der Waals surface area contributed by atoms with Gasteiger partial charge >= 0.3 is 0 Å². The first-order chi connectivity index (χ1) is 10.4. The molecule has 0 heterocycles. The van der Waals surface area contributed by atoms with Crippen LogP contribution in [0.2, 0.25) is 0 Å². The van der Waals surface area contributed by atoms with Crippen molar-refractivity contribution in [2.24, 2.45) is 34.5 Å². The number of allylic oxidation sites excluding steroid dienone is 3. The van der Waals surface area contributed by atoms with Crippen LogP contribution in [0.25, 0.3) is 0 Å². The van der Waals surface area contributed by atoms with Gasteiger partial charge in [-0.15, -0.1) is 0 Å². The van der Waals surface area contributed by atoms with E-state index in [4.69, 9.17) is 0 Å². The van der Waals surface area contributed by atoms with Gasteiger partial charge in [0.2, 0.25) is 0 Å². The van der Waals surface area contributed by atoms with Gasteiger partial charge in [0.1, 0.15) is 0 Å². The second kappa shape index (κ2) is 4.72. The van der Waals surface area contributed by atoms with Gasteiger partial charge in [-0.2, -0.15) is 0 Å². The van der Waals surface area contributed by atoms with E-state index in [1.807, 2.05) is 0 Å². The zero-order valence-corrected chi connectivity index (χ0v) is 14.7. The molecule has 1 nitrogen and oxygen atoms in total. The minimum atomic E-state index is -0.105. The smallest absolute Gasteiger partial charge is 0.0580 e. The summed E-state index contributed by atoms with van der Waals surface area (Å²) in [5.41, 5.74) is 4.06. The normalized spacial score (nSPS) is 54.0. The maximum atomic E-state index is 10.3. The van der Waals surface area contributed by atoms with Crippen LogP contribution in [0.15, 0.2) is 23.3 Å². The molecule has 2 fully saturated rings. The first-order valence-electron chi connectivity index (χ1n) is 9.41. The highest BCUT2D eigenvalue weighted by atomic mass is 16.3. The molecule has 0 aromatic rings. The topological polar surface area (TPSA) is 20.2 Å². The van der Waals surface area contributed by atoms with Crippen LogP contribution in [-0.4, -0.2) is 11.2 Å². The van der Waals surface area contributed by atoms with Crippen molar-refractivity contribution < 1.29 is 5.11 Å². The van der Waals surface area contributed by atoms with Crippen molar-refractivity contribution in [3.8, 4) is 0 Å². The van der Waals surface area contributed by atoms with Crippen LogP contribution in [0.4, 0.5) is 0 Å². The molecular weight excluding hydrogens is 268 g/mol. The fourth-order valence-corrected chi connectivity index (χ4v) is 6.99. The number of aliphatic hydroxyl groups is 1. The summed E-state index contributed by atoms with van der Waals surface area (Å²) in [4.78, 5) is 0. The van der Waals surface area contributed by atoms with Gasteiger partial charge in [-0.1, -0.05) is 44.1 Å². The van der Waals surface area contributed by atoms with Crippen molar-refractivity contribution in [1.29, 1.82) is 0 Å². The summed E-state index contributed by atoms with van der Waals surface area (Å²) < 4.78 is 0. The Balaban J connectivity index is 1.77. The molecule has 1 unspecified atom stereocenters. The summed E-state index contributed by atoms with van der Waals surface area (Å²) in [5.74, 6) is 3.18. The third-order valence-electron chi connectivity index (χ3n) is 8.33. The monoisotopic (exact) mass is 300 g/mol. The molecule has 0 aromatic carbocycles. The molecule has 0 bridgehead atoms. The van der Waals surface area contributed by atoms with E-state index >= 15 is 0 Å². The quantitative estimate of drug-likeness (QED) is 0.616. The number of hydrogen-bond acceptors (Lipinski definition) is 1. The Morgan fingerprint density at radius 2 is 1.95 bits per heavy atom. The van der Waals surface area contributed by atoms with Gasteiger partial charge in [-0.3, -0.25) is 0 Å². The summed E-state index contributed by atoms with van der Waals surface area (Å²) in [7, 11) is 0. The van der Waals surface area contributed by atoms with E-state index in [0.717, 1.165) is 30.6 Å². The van der Waals surface area contributed by atoms with Crippen molar-refractivity contribution >= 4 is 0 Å². The molecule has 7 atom stereocenters. The zero-order chi connectivity index (χ0) is 15.7. The van der Waals surface area contributed by atoms with Crippen LogP contribution < -0.4 is 0 Å². The molecule has 4 aliphatic carbocycles. The molecule has 1 heteroatoms. The summed E-state index contributed by atoms with van der Waals surface area (Å²) in [5, 5.41) is 10.3. The average molecular weight is 300 g/mol. The Hall–Kier alpha value is -0.560. The van der Waals surface area contributed by atoms with E-state index in [9.17, 15) is 5.11 Å². The molecule has 22 heavy (non-hydrogen) atoms. The minimum absolute atomic E-state index is 0.105. The largest absolute Gasteiger partial charge is 0.393 e. The van der Waals surface area contributed by atoms with Crippen LogP contribution in [0.5, 0.6) is 0 Å². The number of aliphatic hydroxyl groups excluding tert-OH is 1. The van der Waals surface area contributed by atoms with Gasteiger partial charge in [0.05, 0.1) is 6.10 Å². The molecule has 0 amide bonds. The van der Waals surface area contributed by atoms with E-state index < -0.39 is 0 Å². The lowest BCUT2D eigenvalue weighted by Crippen LogP contribution is -2.53. The molecule has 122 valence electrons. The van der Waals surface area contributed by atoms with Crippen LogP contribution in [-0.2, 0) is 0 Å². The molecule has 1 N–H and O–H groups in total. The molecule has 0 radical (unpaired) electrons. The molecular formula is C21H32O. The standard InChI is InChI=1S/C21H32O/c1-13-10-16-17-6-5-8-20(17,3)9-7-18(16)21(4)14(2)11-15(22)12-19(13)21/h5,8,14-18,22H,6-7,9-12H2,1-4H3/t14?,15-,16-,17-,18-,20-,21+/m0/s1. The van der Waals surface area contributed by atoms with Gasteiger partial charge in [-0.05, 0) is 80.0 Å². The lowest BCUT2D eigenvalue weighted by Gasteiger charge is -2.60. The fourth-order valence-electron chi connectivity index (χ4n) is 6.99. The Bertz CT molecular complexity index is 544. The Labute approximate surface area is 135 Å². The summed E-state index contributed by atoms with van der Waals surface area (Å²) in [6, 6.07) is 0. The lowest BCUT2D eigenvalue weighted by molar-refractivity contribution is -0.0555. The van der Waals surface area contributed by atoms with Crippen molar-refractivity contribution in [3.63, 3.8) is 0 Å². The van der Waals surface area contributed by atoms with E-state index in [1.54, 1.807) is 11.1 Å². The van der Waals surface area contributed by atoms with Gasteiger partial charge < -0.3 is 5.11 Å². The zero-order valence-electron chi connectivity index (χ0n) is 14.7. The number of hydrogen-bond donors (Lipinski definition) is 1. The molecule has 2 saturated carbocycles. The molecule has 0 saturated heterocycles. The maximum Gasteiger partial charge on any atom is 0.0580 e. The second-order valence-electron chi connectivity index (χ2n) is 9.30. The van der Waals surface area contributed by atoms with Crippen molar-refractivity contribution in [2.75, 3.05) is 0 Å². The van der Waals surface area contributed by atoms with Crippen molar-refractivity contribution in [1.82, 2.24) is 0 Å². The Kier molecular flexibility index (Phi) is 3.22. The first kappa shape index (κ1) is 15.0. The molecule has 0 aliphatic heterocycles. The highest BCUT2D eigenvalue weighted by Crippen LogP contribution is 2.65. The van der Waals surface area contributed by atoms with E-state index in [2.05, 4.69) is 39.8 Å². The Morgan fingerprint density at radius 1 is 1.18 bits per heavy atom. The van der Waals surface area contributed by atoms with Gasteiger partial charge in [0.25, 0.3) is 0 Å². The third kappa shape index (κ3) is 1.81. The van der Waals surface area contributed by atoms with Gasteiger partial charge in [-0.25, -0.2) is 0 Å². The molecule has 0 spiro atoms. The number of rotatable bonds is 0.